The highest BCUT2D eigenvalue weighted by atomic mass is 16.6. The van der Waals surface area contributed by atoms with Crippen LogP contribution in [0.25, 0.3) is 0 Å². The van der Waals surface area contributed by atoms with E-state index in [1.807, 2.05) is 0 Å². The molecule has 0 saturated heterocycles. The van der Waals surface area contributed by atoms with Crippen molar-refractivity contribution in [1.29, 1.82) is 0 Å². The molecule has 2 heteroatoms. The maximum atomic E-state index is 8.77. The monoisotopic (exact) mass is 182 g/mol. The first-order valence-corrected chi connectivity index (χ1v) is 5.29. The predicted molar refractivity (Wildman–Crippen MR) is 51.2 cm³/mol. The summed E-state index contributed by atoms with van der Waals surface area (Å²) in [5.41, 5.74) is 0. The standard InChI is InChI=1S/C11H18O2/c12-8-13-11-7-3-5-9-4-1-2-6-10(9)11/h1-2,9-12H,3-8H2. The second-order valence-electron chi connectivity index (χ2n) is 4.13. The number of allylic oxidation sites excluding steroid dienone is 2. The quantitative estimate of drug-likeness (QED) is 0.523. The zero-order valence-electron chi connectivity index (χ0n) is 7.98. The van der Waals surface area contributed by atoms with E-state index in [4.69, 9.17) is 9.84 Å². The van der Waals surface area contributed by atoms with Gasteiger partial charge in [-0.25, -0.2) is 0 Å². The van der Waals surface area contributed by atoms with Crippen LogP contribution in [0.4, 0.5) is 0 Å². The molecule has 0 aromatic rings. The van der Waals surface area contributed by atoms with Crippen molar-refractivity contribution in [2.45, 2.75) is 38.2 Å². The number of aliphatic hydroxyl groups excluding tert-OH is 1. The van der Waals surface area contributed by atoms with E-state index < -0.39 is 0 Å². The zero-order chi connectivity index (χ0) is 9.10. The van der Waals surface area contributed by atoms with Gasteiger partial charge in [0.25, 0.3) is 0 Å². The van der Waals surface area contributed by atoms with Gasteiger partial charge in [-0.3, -0.25) is 0 Å². The van der Waals surface area contributed by atoms with Gasteiger partial charge >= 0.3 is 0 Å². The number of aliphatic hydroxyl groups is 1. The maximum Gasteiger partial charge on any atom is 0.143 e. The highest BCUT2D eigenvalue weighted by molar-refractivity contribution is 4.98. The Labute approximate surface area is 79.6 Å². The number of rotatable bonds is 2. The van der Waals surface area contributed by atoms with Gasteiger partial charge in [-0.2, -0.15) is 0 Å². The molecule has 0 spiro atoms. The van der Waals surface area contributed by atoms with Gasteiger partial charge in [0, 0.05) is 0 Å². The minimum Gasteiger partial charge on any atom is -0.371 e. The Morgan fingerprint density at radius 2 is 2.08 bits per heavy atom. The molecule has 74 valence electrons. The van der Waals surface area contributed by atoms with Crippen molar-refractivity contribution in [3.63, 3.8) is 0 Å². The lowest BCUT2D eigenvalue weighted by Crippen LogP contribution is -2.35. The Kier molecular flexibility index (Phi) is 3.01. The molecular formula is C11H18O2. The molecular weight excluding hydrogens is 164 g/mol. The molecule has 3 atom stereocenters. The fourth-order valence-electron chi connectivity index (χ4n) is 2.78. The van der Waals surface area contributed by atoms with Crippen LogP contribution in [-0.2, 0) is 4.74 Å². The van der Waals surface area contributed by atoms with Gasteiger partial charge in [0.2, 0.25) is 0 Å². The fraction of sp³-hybridized carbons (Fsp3) is 0.818. The van der Waals surface area contributed by atoms with Gasteiger partial charge in [-0.05, 0) is 37.5 Å². The molecule has 2 aliphatic carbocycles. The first kappa shape index (κ1) is 9.22. The van der Waals surface area contributed by atoms with Crippen LogP contribution in [0.3, 0.4) is 0 Å². The summed E-state index contributed by atoms with van der Waals surface area (Å²) >= 11 is 0. The van der Waals surface area contributed by atoms with Gasteiger partial charge in [-0.1, -0.05) is 18.6 Å². The van der Waals surface area contributed by atoms with Crippen molar-refractivity contribution in [2.24, 2.45) is 11.8 Å². The number of ether oxygens (including phenoxy) is 1. The maximum absolute atomic E-state index is 8.77. The first-order chi connectivity index (χ1) is 6.42. The number of fused-ring (bicyclic) bond motifs is 1. The third kappa shape index (κ3) is 1.94. The summed E-state index contributed by atoms with van der Waals surface area (Å²) in [4.78, 5) is 0. The van der Waals surface area contributed by atoms with Crippen LogP contribution in [0, 0.1) is 11.8 Å². The van der Waals surface area contributed by atoms with Gasteiger partial charge < -0.3 is 9.84 Å². The van der Waals surface area contributed by atoms with Crippen LogP contribution in [0.15, 0.2) is 12.2 Å². The summed E-state index contributed by atoms with van der Waals surface area (Å²) in [6.07, 6.45) is 11.0. The minimum atomic E-state index is -0.113. The van der Waals surface area contributed by atoms with Crippen LogP contribution in [0.5, 0.6) is 0 Å². The van der Waals surface area contributed by atoms with E-state index in [1.54, 1.807) is 0 Å². The normalized spacial score (nSPS) is 38.7. The molecule has 0 aliphatic heterocycles. The van der Waals surface area contributed by atoms with Crippen molar-refractivity contribution < 1.29 is 9.84 Å². The Balaban J connectivity index is 1.99. The lowest BCUT2D eigenvalue weighted by Gasteiger charge is -2.38. The van der Waals surface area contributed by atoms with Gasteiger partial charge in [0.05, 0.1) is 6.10 Å². The van der Waals surface area contributed by atoms with Crippen molar-refractivity contribution in [1.82, 2.24) is 0 Å². The van der Waals surface area contributed by atoms with Crippen molar-refractivity contribution in [3.05, 3.63) is 12.2 Å². The second-order valence-corrected chi connectivity index (χ2v) is 4.13. The number of hydrogen-bond donors (Lipinski definition) is 1. The average Bonchev–Trinajstić information content (AvgIpc) is 2.19. The van der Waals surface area contributed by atoms with E-state index in [1.165, 1.54) is 19.3 Å². The summed E-state index contributed by atoms with van der Waals surface area (Å²) in [5, 5.41) is 8.77. The van der Waals surface area contributed by atoms with Crippen molar-refractivity contribution in [2.75, 3.05) is 6.79 Å². The molecule has 1 N–H and O–H groups in total. The molecule has 0 radical (unpaired) electrons. The molecule has 13 heavy (non-hydrogen) atoms. The van der Waals surface area contributed by atoms with E-state index in [0.717, 1.165) is 18.8 Å². The molecule has 0 amide bonds. The molecule has 0 heterocycles. The van der Waals surface area contributed by atoms with E-state index in [0.29, 0.717) is 12.0 Å². The molecule has 2 nitrogen and oxygen atoms in total. The Hall–Kier alpha value is -0.340. The molecule has 0 bridgehead atoms. The third-order valence-electron chi connectivity index (χ3n) is 3.45. The van der Waals surface area contributed by atoms with E-state index in [-0.39, 0.29) is 6.79 Å². The molecule has 1 saturated carbocycles. The molecule has 0 aromatic heterocycles. The lowest BCUT2D eigenvalue weighted by molar-refractivity contribution is -0.0983. The first-order valence-electron chi connectivity index (χ1n) is 5.29. The number of hydrogen-bond acceptors (Lipinski definition) is 2. The predicted octanol–water partition coefficient (Wildman–Crippen LogP) is 2.09. The summed E-state index contributed by atoms with van der Waals surface area (Å²) in [7, 11) is 0. The van der Waals surface area contributed by atoms with E-state index in [2.05, 4.69) is 12.2 Å². The Morgan fingerprint density at radius 3 is 2.92 bits per heavy atom. The van der Waals surface area contributed by atoms with Crippen molar-refractivity contribution in [3.8, 4) is 0 Å². The summed E-state index contributed by atoms with van der Waals surface area (Å²) in [6.45, 7) is -0.113. The molecule has 1 fully saturated rings. The topological polar surface area (TPSA) is 29.5 Å². The SMILES string of the molecule is OCOC1CCCC2CC=CCC21. The van der Waals surface area contributed by atoms with E-state index in [9.17, 15) is 0 Å². The summed E-state index contributed by atoms with van der Waals surface area (Å²) in [5.74, 6) is 1.49. The second kappa shape index (κ2) is 4.25. The van der Waals surface area contributed by atoms with Crippen LogP contribution in [0.1, 0.15) is 32.1 Å². The van der Waals surface area contributed by atoms with Gasteiger partial charge in [-0.15, -0.1) is 0 Å². The molecule has 0 aromatic carbocycles. The van der Waals surface area contributed by atoms with Gasteiger partial charge in [0.15, 0.2) is 0 Å². The van der Waals surface area contributed by atoms with Crippen LogP contribution in [-0.4, -0.2) is 18.0 Å². The summed E-state index contributed by atoms with van der Waals surface area (Å²) in [6, 6.07) is 0. The third-order valence-corrected chi connectivity index (χ3v) is 3.45. The minimum absolute atomic E-state index is 0.113. The average molecular weight is 182 g/mol. The van der Waals surface area contributed by atoms with Crippen LogP contribution >= 0.6 is 0 Å². The van der Waals surface area contributed by atoms with Gasteiger partial charge in [0.1, 0.15) is 6.79 Å². The molecule has 3 unspecified atom stereocenters. The smallest absolute Gasteiger partial charge is 0.143 e. The zero-order valence-corrected chi connectivity index (χ0v) is 7.98. The summed E-state index contributed by atoms with van der Waals surface area (Å²) < 4.78 is 5.37. The molecule has 2 aliphatic rings. The van der Waals surface area contributed by atoms with Crippen molar-refractivity contribution >= 4 is 0 Å². The largest absolute Gasteiger partial charge is 0.371 e. The fourth-order valence-corrected chi connectivity index (χ4v) is 2.78. The Morgan fingerprint density at radius 1 is 1.23 bits per heavy atom. The molecule has 2 rings (SSSR count). The lowest BCUT2D eigenvalue weighted by atomic mass is 9.72. The highest BCUT2D eigenvalue weighted by Crippen LogP contribution is 2.39. The van der Waals surface area contributed by atoms with Crippen LogP contribution in [0.2, 0.25) is 0 Å². The Bertz CT molecular complexity index is 187. The highest BCUT2D eigenvalue weighted by Gasteiger charge is 2.33. The van der Waals surface area contributed by atoms with E-state index >= 15 is 0 Å². The van der Waals surface area contributed by atoms with Crippen LogP contribution < -0.4 is 0 Å².